The van der Waals surface area contributed by atoms with Crippen LogP contribution >= 0.6 is 15.9 Å². The fourth-order valence-corrected chi connectivity index (χ4v) is 2.24. The second-order valence-corrected chi connectivity index (χ2v) is 5.29. The van der Waals surface area contributed by atoms with Crippen LogP contribution in [-0.4, -0.2) is 22.5 Å². The Labute approximate surface area is 124 Å². The molecule has 0 atom stereocenters. The van der Waals surface area contributed by atoms with E-state index in [4.69, 9.17) is 4.52 Å². The maximum Gasteiger partial charge on any atom is 0.276 e. The first-order valence-electron chi connectivity index (χ1n) is 6.17. The van der Waals surface area contributed by atoms with E-state index >= 15 is 0 Å². The number of rotatable bonds is 4. The number of halogens is 2. The lowest BCUT2D eigenvalue weighted by atomic mass is 10.2. The van der Waals surface area contributed by atoms with E-state index < -0.39 is 0 Å². The number of carbonyl (C=O) groups is 1. The number of carbonyl (C=O) groups excluding carboxylic acids is 1. The molecule has 0 fully saturated rings. The van der Waals surface area contributed by atoms with Crippen molar-refractivity contribution in [1.29, 1.82) is 0 Å². The zero-order chi connectivity index (χ0) is 14.7. The summed E-state index contributed by atoms with van der Waals surface area (Å²) in [6.45, 7) is 4.19. The number of nitrogens with zero attached hydrogens (tertiary/aromatic N) is 2. The first-order valence-corrected chi connectivity index (χ1v) is 6.97. The van der Waals surface area contributed by atoms with E-state index in [-0.39, 0.29) is 24.0 Å². The molecule has 0 saturated carbocycles. The molecule has 0 radical (unpaired) electrons. The third-order valence-electron chi connectivity index (χ3n) is 2.88. The van der Waals surface area contributed by atoms with Gasteiger partial charge < -0.3 is 9.42 Å². The number of hydrogen-bond acceptors (Lipinski definition) is 3. The van der Waals surface area contributed by atoms with Gasteiger partial charge in [-0.3, -0.25) is 4.79 Å². The Morgan fingerprint density at radius 1 is 1.45 bits per heavy atom. The summed E-state index contributed by atoms with van der Waals surface area (Å²) in [7, 11) is 0. The van der Waals surface area contributed by atoms with E-state index in [2.05, 4.69) is 21.1 Å². The summed E-state index contributed by atoms with van der Waals surface area (Å²) in [6, 6.07) is 6.23. The van der Waals surface area contributed by atoms with Crippen molar-refractivity contribution < 1.29 is 13.7 Å². The molecule has 0 N–H and O–H groups in total. The average molecular weight is 341 g/mol. The van der Waals surface area contributed by atoms with Crippen LogP contribution in [-0.2, 0) is 6.54 Å². The van der Waals surface area contributed by atoms with Crippen molar-refractivity contribution in [2.75, 3.05) is 6.54 Å². The number of aryl methyl sites for hydroxylation is 1. The number of amides is 1. The Morgan fingerprint density at radius 2 is 2.20 bits per heavy atom. The molecule has 1 aromatic carbocycles. The predicted molar refractivity (Wildman–Crippen MR) is 75.8 cm³/mol. The van der Waals surface area contributed by atoms with Crippen LogP contribution in [0.4, 0.5) is 4.39 Å². The Kier molecular flexibility index (Phi) is 4.54. The molecule has 0 bridgehead atoms. The molecule has 2 rings (SSSR count). The Balaban J connectivity index is 2.20. The maximum atomic E-state index is 13.7. The van der Waals surface area contributed by atoms with Crippen molar-refractivity contribution in [3.63, 3.8) is 0 Å². The van der Waals surface area contributed by atoms with E-state index in [1.54, 1.807) is 25.1 Å². The molecule has 2 aromatic rings. The van der Waals surface area contributed by atoms with Gasteiger partial charge in [0.05, 0.1) is 0 Å². The number of hydrogen-bond donors (Lipinski definition) is 0. The van der Waals surface area contributed by atoms with Crippen LogP contribution in [0.2, 0.25) is 0 Å². The SMILES string of the molecule is CCN(Cc1cc(Br)ccc1F)C(=O)c1cc(C)on1. The largest absolute Gasteiger partial charge is 0.361 e. The second-order valence-electron chi connectivity index (χ2n) is 4.38. The molecular weight excluding hydrogens is 327 g/mol. The highest BCUT2D eigenvalue weighted by Gasteiger charge is 2.19. The zero-order valence-corrected chi connectivity index (χ0v) is 12.8. The summed E-state index contributed by atoms with van der Waals surface area (Å²) in [4.78, 5) is 13.8. The van der Waals surface area contributed by atoms with Crippen LogP contribution in [0.5, 0.6) is 0 Å². The molecule has 0 spiro atoms. The Morgan fingerprint density at radius 3 is 2.80 bits per heavy atom. The lowest BCUT2D eigenvalue weighted by molar-refractivity contribution is 0.0740. The standard InChI is InChI=1S/C14H14BrFN2O2/c1-3-18(14(19)13-6-9(2)20-17-13)8-10-7-11(15)4-5-12(10)16/h4-7H,3,8H2,1-2H3. The van der Waals surface area contributed by atoms with Crippen LogP contribution in [0.1, 0.15) is 28.7 Å². The molecule has 0 unspecified atom stereocenters. The van der Waals surface area contributed by atoms with Gasteiger partial charge in [-0.2, -0.15) is 0 Å². The molecule has 20 heavy (non-hydrogen) atoms. The van der Waals surface area contributed by atoms with Crippen molar-refractivity contribution in [2.45, 2.75) is 20.4 Å². The van der Waals surface area contributed by atoms with Gasteiger partial charge in [0, 0.05) is 29.2 Å². The maximum absolute atomic E-state index is 13.7. The van der Waals surface area contributed by atoms with E-state index in [9.17, 15) is 9.18 Å². The molecule has 1 amide bonds. The second kappa shape index (κ2) is 6.17. The molecule has 6 heteroatoms. The number of benzene rings is 1. The normalized spacial score (nSPS) is 10.6. The highest BCUT2D eigenvalue weighted by Crippen LogP contribution is 2.18. The van der Waals surface area contributed by atoms with Gasteiger partial charge >= 0.3 is 0 Å². The van der Waals surface area contributed by atoms with Crippen molar-refractivity contribution in [2.24, 2.45) is 0 Å². The van der Waals surface area contributed by atoms with Gasteiger partial charge in [0.15, 0.2) is 5.69 Å². The number of aromatic nitrogens is 1. The monoisotopic (exact) mass is 340 g/mol. The van der Waals surface area contributed by atoms with E-state index in [1.165, 1.54) is 11.0 Å². The Bertz CT molecular complexity index is 627. The minimum absolute atomic E-state index is 0.187. The molecule has 106 valence electrons. The van der Waals surface area contributed by atoms with Gasteiger partial charge in [0.2, 0.25) is 0 Å². The van der Waals surface area contributed by atoms with Crippen molar-refractivity contribution in [3.8, 4) is 0 Å². The molecule has 0 aliphatic carbocycles. The summed E-state index contributed by atoms with van der Waals surface area (Å²) in [6.07, 6.45) is 0. The van der Waals surface area contributed by atoms with Crippen LogP contribution in [0.25, 0.3) is 0 Å². The molecule has 0 aliphatic heterocycles. The van der Waals surface area contributed by atoms with Gasteiger partial charge in [-0.25, -0.2) is 4.39 Å². The molecular formula is C14H14BrFN2O2. The van der Waals surface area contributed by atoms with Crippen LogP contribution in [0, 0.1) is 12.7 Å². The minimum Gasteiger partial charge on any atom is -0.361 e. The smallest absolute Gasteiger partial charge is 0.276 e. The van der Waals surface area contributed by atoms with Gasteiger partial charge in [-0.1, -0.05) is 21.1 Å². The van der Waals surface area contributed by atoms with Gasteiger partial charge in [0.25, 0.3) is 5.91 Å². The summed E-state index contributed by atoms with van der Waals surface area (Å²) < 4.78 is 19.4. The average Bonchev–Trinajstić information content (AvgIpc) is 2.85. The van der Waals surface area contributed by atoms with Crippen LogP contribution in [0.15, 0.2) is 33.3 Å². The molecule has 1 aromatic heterocycles. The van der Waals surface area contributed by atoms with E-state index in [1.807, 2.05) is 6.92 Å². The lowest BCUT2D eigenvalue weighted by Gasteiger charge is -2.20. The fraction of sp³-hybridized carbons (Fsp3) is 0.286. The molecule has 4 nitrogen and oxygen atoms in total. The summed E-state index contributed by atoms with van der Waals surface area (Å²) in [5, 5.41) is 3.70. The van der Waals surface area contributed by atoms with Crippen LogP contribution in [0.3, 0.4) is 0 Å². The highest BCUT2D eigenvalue weighted by atomic mass is 79.9. The molecule has 0 aliphatic rings. The van der Waals surface area contributed by atoms with E-state index in [0.29, 0.717) is 17.9 Å². The van der Waals surface area contributed by atoms with Gasteiger partial charge in [0.1, 0.15) is 11.6 Å². The molecule has 1 heterocycles. The van der Waals surface area contributed by atoms with Gasteiger partial charge in [-0.05, 0) is 32.0 Å². The topological polar surface area (TPSA) is 46.3 Å². The lowest BCUT2D eigenvalue weighted by Crippen LogP contribution is -2.30. The molecule has 0 saturated heterocycles. The van der Waals surface area contributed by atoms with Crippen molar-refractivity contribution in [1.82, 2.24) is 10.1 Å². The third-order valence-corrected chi connectivity index (χ3v) is 3.38. The van der Waals surface area contributed by atoms with Gasteiger partial charge in [-0.15, -0.1) is 0 Å². The fourth-order valence-electron chi connectivity index (χ4n) is 1.83. The van der Waals surface area contributed by atoms with E-state index in [0.717, 1.165) is 4.47 Å². The first kappa shape index (κ1) is 14.7. The zero-order valence-electron chi connectivity index (χ0n) is 11.2. The summed E-state index contributed by atoms with van der Waals surface area (Å²) in [5.74, 6) is -0.0439. The third kappa shape index (κ3) is 3.25. The van der Waals surface area contributed by atoms with Crippen molar-refractivity contribution in [3.05, 3.63) is 51.6 Å². The van der Waals surface area contributed by atoms with Crippen molar-refractivity contribution >= 4 is 21.8 Å². The van der Waals surface area contributed by atoms with Crippen LogP contribution < -0.4 is 0 Å². The summed E-state index contributed by atoms with van der Waals surface area (Å²) >= 11 is 3.30. The minimum atomic E-state index is -0.337. The highest BCUT2D eigenvalue weighted by molar-refractivity contribution is 9.10. The predicted octanol–water partition coefficient (Wildman–Crippen LogP) is 3.55. The first-order chi connectivity index (χ1) is 9.51. The quantitative estimate of drug-likeness (QED) is 0.854. The Hall–Kier alpha value is -1.69. The summed E-state index contributed by atoms with van der Waals surface area (Å²) in [5.41, 5.74) is 0.689.